The number of halogens is 1. The second-order valence-corrected chi connectivity index (χ2v) is 2.47. The second kappa shape index (κ2) is 6.17. The highest BCUT2D eigenvalue weighted by Crippen LogP contribution is 1.78. The highest BCUT2D eigenvalue weighted by Gasteiger charge is 1.91. The van der Waals surface area contributed by atoms with Gasteiger partial charge in [0.1, 0.15) is 0 Å². The van der Waals surface area contributed by atoms with Crippen LogP contribution in [0.4, 0.5) is 0 Å². The Morgan fingerprint density at radius 2 is 2.14 bits per heavy atom. The molecular weight excluding hydrogens is 206 g/mol. The maximum absolute atomic E-state index is 11.1. The Morgan fingerprint density at radius 3 is 2.71 bits per heavy atom. The molecule has 0 aliphatic carbocycles. The molecule has 14 heavy (non-hydrogen) atoms. The van der Waals surface area contributed by atoms with Crippen LogP contribution < -0.4 is 17.0 Å². The van der Waals surface area contributed by atoms with Gasteiger partial charge in [0, 0.05) is 25.4 Å². The first-order chi connectivity index (χ1) is 6.24. The summed E-state index contributed by atoms with van der Waals surface area (Å²) in [4.78, 5) is 23.9. The van der Waals surface area contributed by atoms with Crippen molar-refractivity contribution in [1.29, 1.82) is 0 Å². The number of rotatable bonds is 3. The Labute approximate surface area is 86.7 Å². The van der Waals surface area contributed by atoms with Crippen LogP contribution in [0.1, 0.15) is 0 Å². The van der Waals surface area contributed by atoms with Gasteiger partial charge in [-0.25, -0.2) is 4.79 Å². The third-order valence-electron chi connectivity index (χ3n) is 1.50. The van der Waals surface area contributed by atoms with Gasteiger partial charge in [0.05, 0.1) is 0 Å². The summed E-state index contributed by atoms with van der Waals surface area (Å²) in [5.41, 5.74) is 4.43. The number of hydrogen-bond acceptors (Lipinski definition) is 3. The first-order valence-corrected chi connectivity index (χ1v) is 3.89. The van der Waals surface area contributed by atoms with E-state index in [1.807, 2.05) is 0 Å². The van der Waals surface area contributed by atoms with Crippen LogP contribution in [0.3, 0.4) is 0 Å². The molecule has 0 aromatic carbocycles. The van der Waals surface area contributed by atoms with E-state index in [-0.39, 0.29) is 18.0 Å². The minimum absolute atomic E-state index is 0. The van der Waals surface area contributed by atoms with Crippen LogP contribution in [0.15, 0.2) is 34.0 Å². The number of nitrogens with two attached hydrogens (primary N) is 1. The summed E-state index contributed by atoms with van der Waals surface area (Å²) < 4.78 is 1.38. The zero-order chi connectivity index (χ0) is 9.68. The minimum Gasteiger partial charge on any atom is -0.327 e. The molecule has 0 aliphatic heterocycles. The number of H-pyrrole nitrogens is 1. The summed E-state index contributed by atoms with van der Waals surface area (Å²) in [6, 6.07) is 1.30. The average Bonchev–Trinajstić information content (AvgIpc) is 2.09. The quantitative estimate of drug-likeness (QED) is 0.669. The lowest BCUT2D eigenvalue weighted by molar-refractivity contribution is 0.735. The van der Waals surface area contributed by atoms with Gasteiger partial charge in [-0.3, -0.25) is 14.3 Å². The molecule has 0 atom stereocenters. The summed E-state index contributed by atoms with van der Waals surface area (Å²) in [7, 11) is 0. The molecule has 1 aromatic rings. The molecule has 5 nitrogen and oxygen atoms in total. The van der Waals surface area contributed by atoms with Crippen LogP contribution in [0.2, 0.25) is 0 Å². The second-order valence-electron chi connectivity index (χ2n) is 2.47. The van der Waals surface area contributed by atoms with Gasteiger partial charge in [0.15, 0.2) is 0 Å². The summed E-state index contributed by atoms with van der Waals surface area (Å²) in [6.07, 6.45) is 4.96. The predicted molar refractivity (Wildman–Crippen MR) is 56.8 cm³/mol. The van der Waals surface area contributed by atoms with Crippen molar-refractivity contribution in [3.05, 3.63) is 45.3 Å². The van der Waals surface area contributed by atoms with Crippen LogP contribution in [0.5, 0.6) is 0 Å². The number of hydrogen-bond donors (Lipinski definition) is 2. The highest BCUT2D eigenvalue weighted by atomic mass is 35.5. The first kappa shape index (κ1) is 12.7. The number of aromatic amines is 1. The van der Waals surface area contributed by atoms with Gasteiger partial charge in [-0.15, -0.1) is 12.4 Å². The normalized spacial score (nSPS) is 10.1. The zero-order valence-corrected chi connectivity index (χ0v) is 8.29. The smallest absolute Gasteiger partial charge is 0.327 e. The Balaban J connectivity index is 0.00000169. The molecule has 0 amide bonds. The lowest BCUT2D eigenvalue weighted by Gasteiger charge is -1.98. The van der Waals surface area contributed by atoms with E-state index < -0.39 is 5.69 Å². The van der Waals surface area contributed by atoms with Crippen LogP contribution in [-0.2, 0) is 6.54 Å². The van der Waals surface area contributed by atoms with E-state index in [2.05, 4.69) is 4.98 Å². The fraction of sp³-hybridized carbons (Fsp3) is 0.250. The number of nitrogens with one attached hydrogen (secondary N) is 1. The molecule has 0 saturated heterocycles. The fourth-order valence-corrected chi connectivity index (χ4v) is 0.872. The molecule has 3 N–H and O–H groups in total. The van der Waals surface area contributed by atoms with Gasteiger partial charge in [-0.2, -0.15) is 0 Å². The van der Waals surface area contributed by atoms with Crippen molar-refractivity contribution in [2.24, 2.45) is 5.73 Å². The van der Waals surface area contributed by atoms with E-state index in [9.17, 15) is 9.59 Å². The van der Waals surface area contributed by atoms with E-state index >= 15 is 0 Å². The molecule has 0 saturated carbocycles. The van der Waals surface area contributed by atoms with Crippen molar-refractivity contribution >= 4 is 12.4 Å². The monoisotopic (exact) mass is 217 g/mol. The molecule has 0 bridgehead atoms. The van der Waals surface area contributed by atoms with E-state index in [1.54, 1.807) is 12.2 Å². The minimum atomic E-state index is -0.408. The van der Waals surface area contributed by atoms with E-state index in [4.69, 9.17) is 5.73 Å². The van der Waals surface area contributed by atoms with Crippen molar-refractivity contribution in [1.82, 2.24) is 9.55 Å². The summed E-state index contributed by atoms with van der Waals surface area (Å²) in [5.74, 6) is 0. The molecule has 0 radical (unpaired) electrons. The highest BCUT2D eigenvalue weighted by molar-refractivity contribution is 5.85. The maximum Gasteiger partial charge on any atom is 0.328 e. The summed E-state index contributed by atoms with van der Waals surface area (Å²) in [6.45, 7) is 0.866. The van der Waals surface area contributed by atoms with Gasteiger partial charge in [0.2, 0.25) is 0 Å². The topological polar surface area (TPSA) is 80.9 Å². The molecule has 1 rings (SSSR count). The van der Waals surface area contributed by atoms with Crippen LogP contribution >= 0.6 is 12.4 Å². The van der Waals surface area contributed by atoms with E-state index in [0.717, 1.165) is 0 Å². The number of aromatic nitrogens is 2. The fourth-order valence-electron chi connectivity index (χ4n) is 0.872. The zero-order valence-electron chi connectivity index (χ0n) is 7.47. The SMILES string of the molecule is Cl.NC/C=C\Cn1ccc(=O)[nH]c1=O. The standard InChI is InChI=1S/C8H11N3O2.ClH/c9-4-1-2-5-11-6-3-7(12)10-8(11)13;/h1-3,6H,4-5,9H2,(H,10,12,13);1H/b2-1-;. The molecule has 78 valence electrons. The van der Waals surface area contributed by atoms with Gasteiger partial charge < -0.3 is 5.73 Å². The van der Waals surface area contributed by atoms with Crippen molar-refractivity contribution < 1.29 is 0 Å². The Hall–Kier alpha value is -1.33. The first-order valence-electron chi connectivity index (χ1n) is 3.89. The third-order valence-corrected chi connectivity index (χ3v) is 1.50. The largest absolute Gasteiger partial charge is 0.328 e. The number of allylic oxidation sites excluding steroid dienone is 1. The van der Waals surface area contributed by atoms with E-state index in [1.165, 1.54) is 16.8 Å². The molecule has 6 heteroatoms. The lowest BCUT2D eigenvalue weighted by atomic mass is 10.5. The average molecular weight is 218 g/mol. The number of nitrogens with zero attached hydrogens (tertiary/aromatic N) is 1. The maximum atomic E-state index is 11.1. The Kier molecular flexibility index (Phi) is 5.59. The van der Waals surface area contributed by atoms with E-state index in [0.29, 0.717) is 13.1 Å². The van der Waals surface area contributed by atoms with Crippen LogP contribution in [0, 0.1) is 0 Å². The molecule has 0 fully saturated rings. The molecule has 0 aliphatic rings. The van der Waals surface area contributed by atoms with Gasteiger partial charge in [-0.1, -0.05) is 12.2 Å². The Bertz CT molecular complexity index is 408. The Morgan fingerprint density at radius 1 is 1.43 bits per heavy atom. The lowest BCUT2D eigenvalue weighted by Crippen LogP contribution is -2.28. The summed E-state index contributed by atoms with van der Waals surface area (Å²) in [5, 5.41) is 0. The van der Waals surface area contributed by atoms with Crippen LogP contribution in [0.25, 0.3) is 0 Å². The molecular formula is C8H12ClN3O2. The summed E-state index contributed by atoms with van der Waals surface area (Å²) >= 11 is 0. The van der Waals surface area contributed by atoms with Crippen LogP contribution in [-0.4, -0.2) is 16.1 Å². The van der Waals surface area contributed by atoms with Crippen molar-refractivity contribution in [3.63, 3.8) is 0 Å². The van der Waals surface area contributed by atoms with Gasteiger partial charge in [0.25, 0.3) is 5.56 Å². The van der Waals surface area contributed by atoms with Crippen molar-refractivity contribution in [2.75, 3.05) is 6.54 Å². The van der Waals surface area contributed by atoms with Crippen molar-refractivity contribution in [2.45, 2.75) is 6.54 Å². The van der Waals surface area contributed by atoms with Crippen molar-refractivity contribution in [3.8, 4) is 0 Å². The van der Waals surface area contributed by atoms with Gasteiger partial charge >= 0.3 is 5.69 Å². The third kappa shape index (κ3) is 3.59. The predicted octanol–water partition coefficient (Wildman–Crippen LogP) is -0.527. The molecule has 1 aromatic heterocycles. The van der Waals surface area contributed by atoms with Gasteiger partial charge in [-0.05, 0) is 0 Å². The molecule has 1 heterocycles. The molecule has 0 spiro atoms. The molecule has 0 unspecified atom stereocenters.